The van der Waals surface area contributed by atoms with Gasteiger partial charge in [0.15, 0.2) is 0 Å². The predicted octanol–water partition coefficient (Wildman–Crippen LogP) is 3.18. The highest BCUT2D eigenvalue weighted by molar-refractivity contribution is 5.84. The Labute approximate surface area is 137 Å². The molecule has 0 saturated carbocycles. The van der Waals surface area contributed by atoms with E-state index in [1.54, 1.807) is 30.9 Å². The highest BCUT2D eigenvalue weighted by Gasteiger charge is 2.19. The number of hydrogen-bond acceptors (Lipinski definition) is 5. The molecule has 4 aromatic rings. The van der Waals surface area contributed by atoms with Crippen LogP contribution in [0.15, 0.2) is 55.2 Å². The number of benzene rings is 1. The van der Waals surface area contributed by atoms with Crippen LogP contribution in [0.1, 0.15) is 5.56 Å². The second kappa shape index (κ2) is 5.34. The second-order valence-electron chi connectivity index (χ2n) is 5.48. The molecule has 3 heterocycles. The molecular formula is C18H14N4O2. The SMILES string of the molecule is Cc1cccc(-c2nc(-c3ccncc3O)c3cnccn23)c1O. The zero-order valence-electron chi connectivity index (χ0n) is 12.9. The van der Waals surface area contributed by atoms with Gasteiger partial charge in [0.05, 0.1) is 23.5 Å². The van der Waals surface area contributed by atoms with Gasteiger partial charge in [0.25, 0.3) is 0 Å². The van der Waals surface area contributed by atoms with E-state index >= 15 is 0 Å². The molecule has 0 saturated heterocycles. The number of imidazole rings is 1. The fraction of sp³-hybridized carbons (Fsp3) is 0.0556. The molecule has 0 aliphatic heterocycles. The summed E-state index contributed by atoms with van der Waals surface area (Å²) in [5, 5.41) is 20.5. The first-order chi connectivity index (χ1) is 11.7. The van der Waals surface area contributed by atoms with Crippen molar-refractivity contribution in [1.82, 2.24) is 19.4 Å². The van der Waals surface area contributed by atoms with E-state index in [4.69, 9.17) is 0 Å². The number of hydrogen-bond donors (Lipinski definition) is 2. The average Bonchev–Trinajstić information content (AvgIpc) is 2.97. The van der Waals surface area contributed by atoms with Crippen LogP contribution >= 0.6 is 0 Å². The predicted molar refractivity (Wildman–Crippen MR) is 89.7 cm³/mol. The van der Waals surface area contributed by atoms with Gasteiger partial charge in [-0.15, -0.1) is 0 Å². The average molecular weight is 318 g/mol. The van der Waals surface area contributed by atoms with Crippen molar-refractivity contribution in [2.45, 2.75) is 6.92 Å². The van der Waals surface area contributed by atoms with E-state index in [-0.39, 0.29) is 11.5 Å². The zero-order valence-corrected chi connectivity index (χ0v) is 12.9. The second-order valence-corrected chi connectivity index (χ2v) is 5.48. The summed E-state index contributed by atoms with van der Waals surface area (Å²) in [4.78, 5) is 12.7. The van der Waals surface area contributed by atoms with Gasteiger partial charge in [-0.1, -0.05) is 12.1 Å². The van der Waals surface area contributed by atoms with Crippen molar-refractivity contribution in [2.75, 3.05) is 0 Å². The Morgan fingerprint density at radius 2 is 1.79 bits per heavy atom. The summed E-state index contributed by atoms with van der Waals surface area (Å²) < 4.78 is 1.84. The van der Waals surface area contributed by atoms with Crippen molar-refractivity contribution >= 4 is 5.52 Å². The van der Waals surface area contributed by atoms with E-state index in [0.29, 0.717) is 22.6 Å². The molecule has 3 aromatic heterocycles. The Morgan fingerprint density at radius 3 is 2.62 bits per heavy atom. The highest BCUT2D eigenvalue weighted by atomic mass is 16.3. The topological polar surface area (TPSA) is 83.5 Å². The standard InChI is InChI=1S/C18H14N4O2/c1-11-3-2-4-13(17(11)24)18-21-16(12-5-6-19-10-15(12)23)14-9-20-7-8-22(14)18/h2-10,23-24H,1H3. The van der Waals surface area contributed by atoms with Crippen LogP contribution in [0.25, 0.3) is 28.2 Å². The van der Waals surface area contributed by atoms with E-state index in [9.17, 15) is 10.2 Å². The molecule has 1 aromatic carbocycles. The number of aromatic nitrogens is 4. The highest BCUT2D eigenvalue weighted by Crippen LogP contribution is 2.36. The first kappa shape index (κ1) is 14.2. The molecule has 0 unspecified atom stereocenters. The van der Waals surface area contributed by atoms with Gasteiger partial charge in [-0.2, -0.15) is 0 Å². The molecule has 0 aliphatic carbocycles. The van der Waals surface area contributed by atoms with Gasteiger partial charge in [-0.05, 0) is 24.6 Å². The summed E-state index contributed by atoms with van der Waals surface area (Å²) in [5.41, 5.74) is 3.27. The number of fused-ring (bicyclic) bond motifs is 1. The van der Waals surface area contributed by atoms with Crippen LogP contribution in [0, 0.1) is 6.92 Å². The third kappa shape index (κ3) is 2.08. The Hall–Kier alpha value is -3.41. The van der Waals surface area contributed by atoms with Gasteiger partial charge in [-0.25, -0.2) is 4.98 Å². The lowest BCUT2D eigenvalue weighted by molar-refractivity contribution is 0.472. The Morgan fingerprint density at radius 1 is 0.958 bits per heavy atom. The maximum Gasteiger partial charge on any atom is 0.149 e. The third-order valence-electron chi connectivity index (χ3n) is 3.98. The Bertz CT molecular complexity index is 1060. The number of para-hydroxylation sites is 1. The van der Waals surface area contributed by atoms with E-state index < -0.39 is 0 Å². The number of aryl methyl sites for hydroxylation is 1. The number of aromatic hydroxyl groups is 2. The van der Waals surface area contributed by atoms with Gasteiger partial charge in [-0.3, -0.25) is 14.4 Å². The molecule has 0 bridgehead atoms. The Balaban J connectivity index is 2.06. The monoisotopic (exact) mass is 318 g/mol. The summed E-state index contributed by atoms with van der Waals surface area (Å²) in [6.45, 7) is 1.84. The van der Waals surface area contributed by atoms with Crippen LogP contribution < -0.4 is 0 Å². The number of pyridine rings is 1. The minimum atomic E-state index is 0.0429. The maximum atomic E-state index is 10.4. The molecule has 0 radical (unpaired) electrons. The lowest BCUT2D eigenvalue weighted by atomic mass is 10.1. The van der Waals surface area contributed by atoms with E-state index in [0.717, 1.165) is 11.1 Å². The minimum Gasteiger partial charge on any atom is -0.507 e. The summed E-state index contributed by atoms with van der Waals surface area (Å²) >= 11 is 0. The van der Waals surface area contributed by atoms with Crippen molar-refractivity contribution in [2.24, 2.45) is 0 Å². The molecule has 0 amide bonds. The fourth-order valence-corrected chi connectivity index (χ4v) is 2.75. The molecule has 4 rings (SSSR count). The molecule has 0 atom stereocenters. The first-order valence-electron chi connectivity index (χ1n) is 7.41. The molecular weight excluding hydrogens is 304 g/mol. The van der Waals surface area contributed by atoms with E-state index in [2.05, 4.69) is 15.0 Å². The smallest absolute Gasteiger partial charge is 0.149 e. The first-order valence-corrected chi connectivity index (χ1v) is 7.41. The van der Waals surface area contributed by atoms with Crippen LogP contribution in [0.5, 0.6) is 11.5 Å². The molecule has 6 heteroatoms. The van der Waals surface area contributed by atoms with Crippen LogP contribution in [0.4, 0.5) is 0 Å². The van der Waals surface area contributed by atoms with Gasteiger partial charge in [0.2, 0.25) is 0 Å². The minimum absolute atomic E-state index is 0.0429. The fourth-order valence-electron chi connectivity index (χ4n) is 2.75. The summed E-state index contributed by atoms with van der Waals surface area (Å²) in [6, 6.07) is 7.22. The largest absolute Gasteiger partial charge is 0.507 e. The molecule has 0 fully saturated rings. The molecule has 6 nitrogen and oxygen atoms in total. The molecule has 0 spiro atoms. The van der Waals surface area contributed by atoms with E-state index in [1.165, 1.54) is 6.20 Å². The summed E-state index contributed by atoms with van der Waals surface area (Å²) in [5.74, 6) is 0.813. The molecule has 0 aliphatic rings. The van der Waals surface area contributed by atoms with Crippen molar-refractivity contribution in [3.63, 3.8) is 0 Å². The number of nitrogens with zero attached hydrogens (tertiary/aromatic N) is 4. The number of phenols is 1. The number of rotatable bonds is 2. The molecule has 2 N–H and O–H groups in total. The van der Waals surface area contributed by atoms with Crippen LogP contribution in [0.3, 0.4) is 0 Å². The molecule has 24 heavy (non-hydrogen) atoms. The van der Waals surface area contributed by atoms with Crippen LogP contribution in [0.2, 0.25) is 0 Å². The number of phenolic OH excluding ortho intramolecular Hbond substituents is 1. The van der Waals surface area contributed by atoms with Crippen LogP contribution in [-0.4, -0.2) is 29.6 Å². The van der Waals surface area contributed by atoms with E-state index in [1.807, 2.05) is 29.5 Å². The molecule has 118 valence electrons. The lowest BCUT2D eigenvalue weighted by Gasteiger charge is -2.05. The van der Waals surface area contributed by atoms with Crippen molar-refractivity contribution in [1.29, 1.82) is 0 Å². The summed E-state index contributed by atoms with van der Waals surface area (Å²) in [6.07, 6.45) is 8.09. The van der Waals surface area contributed by atoms with Gasteiger partial charge in [0, 0.05) is 24.2 Å². The zero-order chi connectivity index (χ0) is 16.7. The van der Waals surface area contributed by atoms with Gasteiger partial charge < -0.3 is 10.2 Å². The van der Waals surface area contributed by atoms with Crippen molar-refractivity contribution < 1.29 is 10.2 Å². The Kier molecular flexibility index (Phi) is 3.16. The van der Waals surface area contributed by atoms with Gasteiger partial charge >= 0.3 is 0 Å². The normalized spacial score (nSPS) is 11.0. The lowest BCUT2D eigenvalue weighted by Crippen LogP contribution is -1.90. The summed E-state index contributed by atoms with van der Waals surface area (Å²) in [7, 11) is 0. The van der Waals surface area contributed by atoms with Crippen LogP contribution in [-0.2, 0) is 0 Å². The van der Waals surface area contributed by atoms with Gasteiger partial charge in [0.1, 0.15) is 23.0 Å². The quantitative estimate of drug-likeness (QED) is 0.593. The van der Waals surface area contributed by atoms with Crippen molar-refractivity contribution in [3.8, 4) is 34.1 Å². The van der Waals surface area contributed by atoms with Crippen molar-refractivity contribution in [3.05, 3.63) is 60.8 Å². The maximum absolute atomic E-state index is 10.4. The third-order valence-corrected chi connectivity index (χ3v) is 3.98.